The Morgan fingerprint density at radius 3 is 1.00 bits per heavy atom. The van der Waals surface area contributed by atoms with Crippen LogP contribution < -0.4 is 0 Å². The van der Waals surface area contributed by atoms with E-state index in [2.05, 4.69) is 183 Å². The normalized spacial score (nSPS) is 14.1. The second kappa shape index (κ2) is 14.3. The first-order valence-electron chi connectivity index (χ1n) is 19.0. The van der Waals surface area contributed by atoms with Crippen LogP contribution in [0.25, 0.3) is 80.7 Å². The molecule has 0 unspecified atom stereocenters. The molecular formula is C50H34S6Si. The van der Waals surface area contributed by atoms with Gasteiger partial charge in [-0.3, -0.25) is 0 Å². The summed E-state index contributed by atoms with van der Waals surface area (Å²) in [6, 6.07) is 63.3. The monoisotopic (exact) mass is 854 g/mol. The maximum atomic E-state index is 2.59. The van der Waals surface area contributed by atoms with E-state index < -0.39 is 8.07 Å². The predicted molar refractivity (Wildman–Crippen MR) is 261 cm³/mol. The summed E-state index contributed by atoms with van der Waals surface area (Å²) in [5.74, 6) is 0. The van der Waals surface area contributed by atoms with E-state index in [1.54, 1.807) is 10.4 Å². The van der Waals surface area contributed by atoms with Crippen LogP contribution in [0.2, 0.25) is 13.1 Å². The first kappa shape index (κ1) is 35.5. The van der Waals surface area contributed by atoms with Crippen LogP contribution in [0.5, 0.6) is 0 Å². The molecule has 0 spiro atoms. The minimum atomic E-state index is -2.29. The molecule has 0 fully saturated rings. The van der Waals surface area contributed by atoms with Gasteiger partial charge in [0.05, 0.1) is 0 Å². The third kappa shape index (κ3) is 6.24. The molecule has 0 saturated carbocycles. The Balaban J connectivity index is 1.01. The number of rotatable bonds is 8. The molecule has 6 aromatic heterocycles. The minimum Gasteiger partial charge on any atom is -0.135 e. The molecule has 0 atom stereocenters. The zero-order valence-corrected chi connectivity index (χ0v) is 37.0. The van der Waals surface area contributed by atoms with E-state index in [1.165, 1.54) is 91.2 Å². The van der Waals surface area contributed by atoms with Crippen LogP contribution in [0.3, 0.4) is 0 Å². The second-order valence-corrected chi connectivity index (χ2v) is 25.6. The fourth-order valence-electron chi connectivity index (χ4n) is 8.27. The largest absolute Gasteiger partial charge is 0.135 e. The molecule has 7 heteroatoms. The summed E-state index contributed by atoms with van der Waals surface area (Å²) in [7, 11) is -2.29. The number of fused-ring (bicyclic) bond motifs is 2. The van der Waals surface area contributed by atoms with Crippen molar-refractivity contribution >= 4 is 118 Å². The summed E-state index contributed by atoms with van der Waals surface area (Å²) in [5, 5.41) is 5.72. The summed E-state index contributed by atoms with van der Waals surface area (Å²) in [6.45, 7) is 5.18. The highest BCUT2D eigenvalue weighted by Crippen LogP contribution is 2.58. The molecule has 7 heterocycles. The number of hydrogen-bond donors (Lipinski definition) is 0. The summed E-state index contributed by atoms with van der Waals surface area (Å²) < 4.78 is 2.69. The number of benzene rings is 4. The molecule has 0 N–H and O–H groups in total. The van der Waals surface area contributed by atoms with E-state index in [-0.39, 0.29) is 0 Å². The highest BCUT2D eigenvalue weighted by molar-refractivity contribution is 7.31. The lowest BCUT2D eigenvalue weighted by atomic mass is 9.91. The van der Waals surface area contributed by atoms with Gasteiger partial charge in [-0.25, -0.2) is 0 Å². The van der Waals surface area contributed by atoms with Crippen LogP contribution in [-0.2, 0) is 0 Å². The van der Waals surface area contributed by atoms with Gasteiger partial charge in [0, 0.05) is 58.2 Å². The topological polar surface area (TPSA) is 0 Å². The zero-order valence-electron chi connectivity index (χ0n) is 31.1. The average Bonchev–Trinajstić information content (AvgIpc) is 4.10. The lowest BCUT2D eigenvalue weighted by Crippen LogP contribution is -2.27. The Hall–Kier alpha value is -4.70. The Morgan fingerprint density at radius 1 is 0.298 bits per heavy atom. The van der Waals surface area contributed by atoms with Crippen molar-refractivity contribution in [1.29, 1.82) is 0 Å². The van der Waals surface area contributed by atoms with Gasteiger partial charge < -0.3 is 0 Å². The van der Waals surface area contributed by atoms with Crippen molar-refractivity contribution in [2.45, 2.75) is 13.1 Å². The molecule has 0 bridgehead atoms. The third-order valence-corrected chi connectivity index (χ3v) is 22.2. The Morgan fingerprint density at radius 2 is 0.614 bits per heavy atom. The van der Waals surface area contributed by atoms with Crippen molar-refractivity contribution < 1.29 is 0 Å². The Labute approximate surface area is 357 Å². The molecule has 0 nitrogen and oxygen atoms in total. The molecule has 0 amide bonds. The molecule has 0 radical (unpaired) electrons. The molecule has 10 aromatic rings. The van der Waals surface area contributed by atoms with Crippen molar-refractivity contribution in [3.05, 3.63) is 191 Å². The first-order chi connectivity index (χ1) is 28.0. The van der Waals surface area contributed by atoms with Gasteiger partial charge in [-0.1, -0.05) is 110 Å². The fraction of sp³-hybridized carbons (Fsp3) is 0.0400. The Kier molecular flexibility index (Phi) is 8.89. The minimum absolute atomic E-state index is 1.29. The number of allylic oxidation sites excluding steroid dienone is 2. The first-order valence-corrected chi connectivity index (χ1v) is 26.9. The molecular weight excluding hydrogens is 821 g/mol. The standard InChI is InChI=1S/C50H34S6Si/c1-57(2)49(43-27-25-39(55-43)37-21-23-41(53-37)45-29-33-17-9-11-19-35(33)51-45)47(31-13-5-3-6-14-31)48(32-15-7-4-8-16-32)50(57)44-28-26-40(56-44)38-22-24-42(54-38)46-30-34-18-10-12-20-36(34)52-46/h3-30H,1-2H3. The highest BCUT2D eigenvalue weighted by Gasteiger charge is 2.45. The van der Waals surface area contributed by atoms with Gasteiger partial charge in [0.1, 0.15) is 8.07 Å². The van der Waals surface area contributed by atoms with Crippen molar-refractivity contribution in [2.24, 2.45) is 0 Å². The SMILES string of the molecule is C[Si]1(C)C(c2ccc(-c3ccc(-c4cc5ccccc5s4)s3)s2)=C(c2ccccc2)C(c2ccccc2)=C1c1ccc(-c2ccc(-c3cc4ccccc4s3)s2)s1. The zero-order chi connectivity index (χ0) is 38.1. The summed E-state index contributed by atoms with van der Waals surface area (Å²) in [4.78, 5) is 13.5. The van der Waals surface area contributed by atoms with Gasteiger partial charge in [0.25, 0.3) is 0 Å². The molecule has 57 heavy (non-hydrogen) atoms. The van der Waals surface area contributed by atoms with Gasteiger partial charge in [-0.15, -0.1) is 68.0 Å². The molecule has 0 aliphatic carbocycles. The average molecular weight is 855 g/mol. The summed E-state index contributed by atoms with van der Waals surface area (Å²) in [6.07, 6.45) is 0. The number of hydrogen-bond acceptors (Lipinski definition) is 6. The van der Waals surface area contributed by atoms with Gasteiger partial charge >= 0.3 is 0 Å². The maximum Gasteiger partial charge on any atom is 0.117 e. The Bertz CT molecular complexity index is 2880. The van der Waals surface area contributed by atoms with Crippen LogP contribution in [0, 0.1) is 0 Å². The van der Waals surface area contributed by atoms with Crippen molar-refractivity contribution in [1.82, 2.24) is 0 Å². The van der Waals surface area contributed by atoms with Crippen LogP contribution in [0.4, 0.5) is 0 Å². The molecule has 274 valence electrons. The predicted octanol–water partition coefficient (Wildman–Crippen LogP) is 17.4. The van der Waals surface area contributed by atoms with E-state index in [0.29, 0.717) is 0 Å². The number of thiophene rings is 6. The van der Waals surface area contributed by atoms with Crippen LogP contribution in [0.15, 0.2) is 170 Å². The molecule has 1 aliphatic rings. The van der Waals surface area contributed by atoms with E-state index in [9.17, 15) is 0 Å². The lowest BCUT2D eigenvalue weighted by molar-refractivity contribution is 1.60. The smallest absolute Gasteiger partial charge is 0.117 e. The molecule has 4 aromatic carbocycles. The fourth-order valence-corrected chi connectivity index (χ4v) is 19.9. The maximum absolute atomic E-state index is 2.59. The molecule has 11 rings (SSSR count). The van der Waals surface area contributed by atoms with Crippen molar-refractivity contribution in [2.75, 3.05) is 0 Å². The van der Waals surface area contributed by atoms with Crippen molar-refractivity contribution in [3.63, 3.8) is 0 Å². The summed E-state index contributed by atoms with van der Waals surface area (Å²) >= 11 is 11.5. The van der Waals surface area contributed by atoms with Gasteiger partial charge in [0.2, 0.25) is 0 Å². The third-order valence-electron chi connectivity index (χ3n) is 10.9. The van der Waals surface area contributed by atoms with E-state index in [4.69, 9.17) is 0 Å². The van der Waals surface area contributed by atoms with Crippen LogP contribution in [0.1, 0.15) is 20.9 Å². The summed E-state index contributed by atoms with van der Waals surface area (Å²) in [5.41, 5.74) is 5.39. The van der Waals surface area contributed by atoms with E-state index in [1.807, 2.05) is 68.0 Å². The molecule has 1 aliphatic heterocycles. The van der Waals surface area contributed by atoms with Crippen LogP contribution >= 0.6 is 68.0 Å². The van der Waals surface area contributed by atoms with E-state index in [0.717, 1.165) is 0 Å². The second-order valence-electron chi connectivity index (χ2n) is 14.8. The lowest BCUT2D eigenvalue weighted by Gasteiger charge is -2.24. The van der Waals surface area contributed by atoms with Crippen LogP contribution in [-0.4, -0.2) is 8.07 Å². The van der Waals surface area contributed by atoms with E-state index >= 15 is 0 Å². The van der Waals surface area contributed by atoms with Gasteiger partial charge in [0.15, 0.2) is 0 Å². The quantitative estimate of drug-likeness (QED) is 0.134. The van der Waals surface area contributed by atoms with Crippen molar-refractivity contribution in [3.8, 4) is 39.0 Å². The van der Waals surface area contributed by atoms with Gasteiger partial charge in [-0.05, 0) is 116 Å². The highest BCUT2D eigenvalue weighted by atomic mass is 32.1. The molecule has 0 saturated heterocycles. The van der Waals surface area contributed by atoms with Gasteiger partial charge in [-0.2, -0.15) is 0 Å².